The van der Waals surface area contributed by atoms with Crippen molar-refractivity contribution in [3.63, 3.8) is 0 Å². The molecule has 0 atom stereocenters. The van der Waals surface area contributed by atoms with Crippen LogP contribution in [0.2, 0.25) is 0 Å². The topological polar surface area (TPSA) is 77.2 Å². The lowest BCUT2D eigenvalue weighted by Crippen LogP contribution is -2.39. The molecule has 2 heterocycles. The molecule has 1 aliphatic heterocycles. The van der Waals surface area contributed by atoms with E-state index in [9.17, 15) is 13.2 Å². The van der Waals surface area contributed by atoms with E-state index < -0.39 is 10.0 Å². The van der Waals surface area contributed by atoms with Gasteiger partial charge in [0.2, 0.25) is 10.0 Å². The van der Waals surface area contributed by atoms with Crippen molar-refractivity contribution in [1.82, 2.24) is 18.7 Å². The highest BCUT2D eigenvalue weighted by atomic mass is 32.2. The molecule has 1 aliphatic carbocycles. The van der Waals surface area contributed by atoms with Gasteiger partial charge in [-0.15, -0.1) is 0 Å². The Labute approximate surface area is 166 Å². The van der Waals surface area contributed by atoms with E-state index in [2.05, 4.69) is 5.10 Å². The van der Waals surface area contributed by atoms with Crippen LogP contribution in [0.4, 0.5) is 0 Å². The summed E-state index contributed by atoms with van der Waals surface area (Å²) in [5.74, 6) is 0.963. The van der Waals surface area contributed by atoms with Gasteiger partial charge in [-0.1, -0.05) is 31.0 Å². The first-order chi connectivity index (χ1) is 13.4. The number of hydrogen-bond donors (Lipinski definition) is 0. The molecule has 7 nitrogen and oxygen atoms in total. The van der Waals surface area contributed by atoms with Gasteiger partial charge in [0.05, 0.1) is 4.90 Å². The fourth-order valence-corrected chi connectivity index (χ4v) is 6.32. The number of piperidine rings is 1. The molecule has 0 amide bonds. The second-order valence-electron chi connectivity index (χ2n) is 8.02. The lowest BCUT2D eigenvalue weighted by atomic mass is 9.97. The summed E-state index contributed by atoms with van der Waals surface area (Å²) in [5, 5.41) is 4.54. The summed E-state index contributed by atoms with van der Waals surface area (Å²) in [6.45, 7) is 2.74. The predicted octanol–water partition coefficient (Wildman–Crippen LogP) is 2.57. The van der Waals surface area contributed by atoms with E-state index in [1.807, 2.05) is 23.6 Å². The Hall–Kier alpha value is -1.93. The zero-order valence-electron chi connectivity index (χ0n) is 16.5. The maximum Gasteiger partial charge on any atom is 0.345 e. The van der Waals surface area contributed by atoms with Gasteiger partial charge in [-0.3, -0.25) is 4.57 Å². The van der Waals surface area contributed by atoms with Gasteiger partial charge in [-0.2, -0.15) is 9.40 Å². The number of benzene rings is 1. The molecule has 0 radical (unpaired) electrons. The molecule has 0 bridgehead atoms. The van der Waals surface area contributed by atoms with Crippen molar-refractivity contribution in [2.24, 2.45) is 7.05 Å². The first kappa shape index (κ1) is 19.4. The molecule has 2 fully saturated rings. The highest BCUT2D eigenvalue weighted by Crippen LogP contribution is 2.34. The van der Waals surface area contributed by atoms with Crippen LogP contribution in [-0.2, 0) is 17.1 Å². The molecule has 1 aromatic heterocycles. The van der Waals surface area contributed by atoms with Crippen molar-refractivity contribution < 1.29 is 8.42 Å². The summed E-state index contributed by atoms with van der Waals surface area (Å²) in [5.41, 5.74) is 0.723. The van der Waals surface area contributed by atoms with Gasteiger partial charge in [0.1, 0.15) is 5.82 Å². The SMILES string of the molecule is Cc1ccccc1S(=O)(=O)N1CCC(c2nn(C)c(=O)n2C2CCCC2)CC1. The highest BCUT2D eigenvalue weighted by Gasteiger charge is 2.34. The summed E-state index contributed by atoms with van der Waals surface area (Å²) in [6.07, 6.45) is 5.73. The second-order valence-corrected chi connectivity index (χ2v) is 9.92. The zero-order valence-corrected chi connectivity index (χ0v) is 17.4. The third-order valence-corrected chi connectivity index (χ3v) is 8.26. The van der Waals surface area contributed by atoms with Crippen LogP contribution in [0.5, 0.6) is 0 Å². The molecule has 0 spiro atoms. The number of aryl methyl sites for hydroxylation is 2. The van der Waals surface area contributed by atoms with E-state index in [1.165, 1.54) is 4.68 Å². The van der Waals surface area contributed by atoms with E-state index in [0.29, 0.717) is 30.8 Å². The van der Waals surface area contributed by atoms with Gasteiger partial charge in [0.15, 0.2) is 0 Å². The maximum atomic E-state index is 13.0. The monoisotopic (exact) mass is 404 g/mol. The maximum absolute atomic E-state index is 13.0. The largest absolute Gasteiger partial charge is 0.345 e. The average molecular weight is 405 g/mol. The first-order valence-corrected chi connectivity index (χ1v) is 11.5. The van der Waals surface area contributed by atoms with Crippen LogP contribution in [-0.4, -0.2) is 40.2 Å². The molecular formula is C20H28N4O3S. The Morgan fingerprint density at radius 3 is 2.32 bits per heavy atom. The zero-order chi connectivity index (χ0) is 19.9. The van der Waals surface area contributed by atoms with E-state index in [4.69, 9.17) is 0 Å². The Kier molecular flexibility index (Phi) is 5.18. The summed E-state index contributed by atoms with van der Waals surface area (Å²) >= 11 is 0. The number of hydrogen-bond acceptors (Lipinski definition) is 4. The van der Waals surface area contributed by atoms with Crippen LogP contribution in [0.15, 0.2) is 34.0 Å². The van der Waals surface area contributed by atoms with Crippen LogP contribution < -0.4 is 5.69 Å². The summed E-state index contributed by atoms with van der Waals surface area (Å²) in [4.78, 5) is 13.0. The van der Waals surface area contributed by atoms with Gasteiger partial charge in [-0.25, -0.2) is 17.9 Å². The minimum absolute atomic E-state index is 0.0446. The summed E-state index contributed by atoms with van der Waals surface area (Å²) < 4.78 is 31.0. The van der Waals surface area contributed by atoms with Gasteiger partial charge < -0.3 is 0 Å². The normalized spacial score (nSPS) is 20.1. The van der Waals surface area contributed by atoms with Crippen molar-refractivity contribution in [2.45, 2.75) is 62.3 Å². The number of aromatic nitrogens is 3. The average Bonchev–Trinajstić information content (AvgIpc) is 3.31. The van der Waals surface area contributed by atoms with Gasteiger partial charge >= 0.3 is 5.69 Å². The number of rotatable bonds is 4. The van der Waals surface area contributed by atoms with E-state index in [0.717, 1.165) is 37.1 Å². The molecule has 1 saturated carbocycles. The van der Waals surface area contributed by atoms with Gasteiger partial charge in [0.25, 0.3) is 0 Å². The van der Waals surface area contributed by atoms with E-state index >= 15 is 0 Å². The van der Waals surface area contributed by atoms with Crippen molar-refractivity contribution in [2.75, 3.05) is 13.1 Å². The molecule has 152 valence electrons. The van der Waals surface area contributed by atoms with Crippen molar-refractivity contribution in [1.29, 1.82) is 0 Å². The molecular weight excluding hydrogens is 376 g/mol. The molecule has 0 N–H and O–H groups in total. The molecule has 0 unspecified atom stereocenters. The Balaban J connectivity index is 1.55. The summed E-state index contributed by atoms with van der Waals surface area (Å²) in [7, 11) is -1.78. The minimum Gasteiger partial charge on any atom is -0.276 e. The van der Waals surface area contributed by atoms with Crippen molar-refractivity contribution in [3.8, 4) is 0 Å². The van der Waals surface area contributed by atoms with Crippen molar-refractivity contribution in [3.05, 3.63) is 46.1 Å². The molecule has 8 heteroatoms. The first-order valence-electron chi connectivity index (χ1n) is 10.1. The highest BCUT2D eigenvalue weighted by molar-refractivity contribution is 7.89. The number of nitrogens with zero attached hydrogens (tertiary/aromatic N) is 4. The Bertz CT molecular complexity index is 1010. The standard InChI is InChI=1S/C20H28N4O3S/c1-15-7-3-6-10-18(15)28(26,27)23-13-11-16(12-14-23)19-21-22(2)20(25)24(19)17-8-4-5-9-17/h3,6-7,10,16-17H,4-5,8-9,11-14H2,1-2H3. The molecule has 2 aromatic rings. The van der Waals surface area contributed by atoms with Gasteiger partial charge in [0, 0.05) is 32.1 Å². The molecule has 1 aromatic carbocycles. The second kappa shape index (κ2) is 7.48. The van der Waals surface area contributed by atoms with E-state index in [1.54, 1.807) is 23.5 Å². The summed E-state index contributed by atoms with van der Waals surface area (Å²) in [6, 6.07) is 7.36. The van der Waals surface area contributed by atoms with Gasteiger partial charge in [-0.05, 0) is 44.2 Å². The lowest BCUT2D eigenvalue weighted by Gasteiger charge is -2.31. The predicted molar refractivity (Wildman–Crippen MR) is 107 cm³/mol. The van der Waals surface area contributed by atoms with Crippen molar-refractivity contribution >= 4 is 10.0 Å². The molecule has 28 heavy (non-hydrogen) atoms. The quantitative estimate of drug-likeness (QED) is 0.785. The molecule has 1 saturated heterocycles. The number of sulfonamides is 1. The van der Waals surface area contributed by atoms with E-state index in [-0.39, 0.29) is 17.6 Å². The van der Waals surface area contributed by atoms with Crippen LogP contribution in [0, 0.1) is 6.92 Å². The lowest BCUT2D eigenvalue weighted by molar-refractivity contribution is 0.304. The smallest absolute Gasteiger partial charge is 0.276 e. The Morgan fingerprint density at radius 1 is 1.04 bits per heavy atom. The Morgan fingerprint density at radius 2 is 1.68 bits per heavy atom. The van der Waals surface area contributed by atoms with Crippen LogP contribution in [0.25, 0.3) is 0 Å². The third kappa shape index (κ3) is 3.33. The van der Waals surface area contributed by atoms with Crippen LogP contribution in [0.1, 0.15) is 61.9 Å². The minimum atomic E-state index is -3.49. The van der Waals surface area contributed by atoms with Crippen LogP contribution >= 0.6 is 0 Å². The molecule has 4 rings (SSSR count). The third-order valence-electron chi connectivity index (χ3n) is 6.20. The molecule has 2 aliphatic rings. The van der Waals surface area contributed by atoms with Crippen LogP contribution in [0.3, 0.4) is 0 Å². The fraction of sp³-hybridized carbons (Fsp3) is 0.600. The fourth-order valence-electron chi connectivity index (χ4n) is 4.62.